The fourth-order valence-electron chi connectivity index (χ4n) is 2.05. The number of nitrogens with one attached hydrogen (secondary N) is 1. The molecule has 1 fully saturated rings. The predicted molar refractivity (Wildman–Crippen MR) is 63.6 cm³/mol. The van der Waals surface area contributed by atoms with Gasteiger partial charge in [0, 0.05) is 12.5 Å². The maximum Gasteiger partial charge on any atom is 0.0960 e. The summed E-state index contributed by atoms with van der Waals surface area (Å²) in [6, 6.07) is 6.79. The zero-order valence-electron chi connectivity index (χ0n) is 8.98. The normalized spacial score (nSPS) is 15.5. The van der Waals surface area contributed by atoms with Gasteiger partial charge in [-0.3, -0.25) is 5.41 Å². The zero-order chi connectivity index (χ0) is 11.1. The third kappa shape index (κ3) is 1.56. The number of imidazole rings is 1. The van der Waals surface area contributed by atoms with Crippen LogP contribution in [0.15, 0.2) is 24.5 Å². The first-order valence-electron chi connectivity index (χ1n) is 5.52. The van der Waals surface area contributed by atoms with Crippen LogP contribution in [0.1, 0.15) is 24.4 Å². The molecule has 82 valence electrons. The number of hydrogen-bond acceptors (Lipinski definition) is 2. The molecule has 0 aliphatic heterocycles. The van der Waals surface area contributed by atoms with Gasteiger partial charge in [-0.1, -0.05) is 6.07 Å². The van der Waals surface area contributed by atoms with E-state index in [0.717, 1.165) is 11.1 Å². The number of hydrogen-bond donors (Lipinski definition) is 2. The molecule has 2 aromatic rings. The first-order valence-corrected chi connectivity index (χ1v) is 5.52. The second kappa shape index (κ2) is 3.33. The topological polar surface area (TPSA) is 67.7 Å². The molecule has 0 bridgehead atoms. The Kier molecular flexibility index (Phi) is 1.96. The maximum atomic E-state index is 7.28. The van der Waals surface area contributed by atoms with Crippen molar-refractivity contribution in [3.63, 3.8) is 0 Å². The highest BCUT2D eigenvalue weighted by Crippen LogP contribution is 2.37. The second-order valence-electron chi connectivity index (χ2n) is 4.41. The highest BCUT2D eigenvalue weighted by Gasteiger charge is 2.24. The van der Waals surface area contributed by atoms with Crippen LogP contribution in [0.2, 0.25) is 0 Å². The van der Waals surface area contributed by atoms with Gasteiger partial charge >= 0.3 is 0 Å². The molecule has 1 aromatic heterocycles. The lowest BCUT2D eigenvalue weighted by atomic mass is 10.1. The maximum absolute atomic E-state index is 7.28. The van der Waals surface area contributed by atoms with Crippen LogP contribution in [-0.2, 0) is 6.42 Å². The summed E-state index contributed by atoms with van der Waals surface area (Å²) in [5.74, 6) is 0.195. The van der Waals surface area contributed by atoms with Crippen molar-refractivity contribution in [3.8, 4) is 0 Å². The van der Waals surface area contributed by atoms with E-state index >= 15 is 0 Å². The van der Waals surface area contributed by atoms with E-state index in [2.05, 4.69) is 15.6 Å². The predicted octanol–water partition coefficient (Wildman–Crippen LogP) is 1.85. The fraction of sp³-hybridized carbons (Fsp3) is 0.333. The molecule has 3 N–H and O–H groups in total. The van der Waals surface area contributed by atoms with Crippen molar-refractivity contribution in [1.82, 2.24) is 9.55 Å². The Morgan fingerprint density at radius 3 is 3.00 bits per heavy atom. The molecule has 1 aromatic carbocycles. The average Bonchev–Trinajstić information content (AvgIpc) is 2.98. The van der Waals surface area contributed by atoms with Gasteiger partial charge < -0.3 is 10.3 Å². The largest absolute Gasteiger partial charge is 0.387 e. The minimum Gasteiger partial charge on any atom is -0.387 e. The smallest absolute Gasteiger partial charge is 0.0960 e. The Hall–Kier alpha value is -1.84. The molecule has 1 aliphatic carbocycles. The molecule has 0 unspecified atom stereocenters. The Morgan fingerprint density at radius 2 is 2.31 bits per heavy atom. The van der Waals surface area contributed by atoms with Crippen molar-refractivity contribution in [3.05, 3.63) is 30.1 Å². The van der Waals surface area contributed by atoms with Crippen LogP contribution < -0.4 is 5.73 Å². The van der Waals surface area contributed by atoms with Crippen LogP contribution in [0.3, 0.4) is 0 Å². The Labute approximate surface area is 93.6 Å². The van der Waals surface area contributed by atoms with Crippen molar-refractivity contribution in [1.29, 1.82) is 5.41 Å². The highest BCUT2D eigenvalue weighted by molar-refractivity contribution is 5.82. The Morgan fingerprint density at radius 1 is 1.50 bits per heavy atom. The quantitative estimate of drug-likeness (QED) is 0.604. The van der Waals surface area contributed by atoms with E-state index in [1.54, 1.807) is 0 Å². The summed E-state index contributed by atoms with van der Waals surface area (Å²) < 4.78 is 2.24. The summed E-state index contributed by atoms with van der Waals surface area (Å²) >= 11 is 0. The first-order chi connectivity index (χ1) is 7.74. The van der Waals surface area contributed by atoms with E-state index in [4.69, 9.17) is 11.1 Å². The molecule has 16 heavy (non-hydrogen) atoms. The monoisotopic (exact) mass is 214 g/mol. The highest BCUT2D eigenvalue weighted by atomic mass is 15.1. The molecule has 1 heterocycles. The molecular weight excluding hydrogens is 200 g/mol. The molecule has 0 spiro atoms. The Bertz CT molecular complexity index is 551. The molecular formula is C12H14N4. The third-order valence-corrected chi connectivity index (χ3v) is 2.97. The van der Waals surface area contributed by atoms with E-state index in [9.17, 15) is 0 Å². The fourth-order valence-corrected chi connectivity index (χ4v) is 2.05. The van der Waals surface area contributed by atoms with Crippen LogP contribution in [0.4, 0.5) is 0 Å². The van der Waals surface area contributed by atoms with Crippen LogP contribution in [0.5, 0.6) is 0 Å². The molecule has 4 heteroatoms. The van der Waals surface area contributed by atoms with Crippen LogP contribution in [-0.4, -0.2) is 15.4 Å². The molecule has 0 atom stereocenters. The summed E-state index contributed by atoms with van der Waals surface area (Å²) in [6.45, 7) is 0. The standard InChI is InChI=1S/C12H14N4/c13-12(14)6-8-1-4-11-10(5-8)15-7-16(11)9-2-3-9/h1,4-5,7,9H,2-3,6H2,(H3,13,14). The number of aromatic nitrogens is 2. The number of fused-ring (bicyclic) bond motifs is 1. The Balaban J connectivity index is 2.02. The van der Waals surface area contributed by atoms with Gasteiger partial charge in [0.1, 0.15) is 0 Å². The van der Waals surface area contributed by atoms with Crippen molar-refractivity contribution in [2.24, 2.45) is 5.73 Å². The first kappa shape index (κ1) is 9.39. The summed E-state index contributed by atoms with van der Waals surface area (Å²) in [7, 11) is 0. The molecule has 3 rings (SSSR count). The van der Waals surface area contributed by atoms with Crippen molar-refractivity contribution in [2.45, 2.75) is 25.3 Å². The second-order valence-corrected chi connectivity index (χ2v) is 4.41. The molecule has 1 aliphatic rings. The lowest BCUT2D eigenvalue weighted by molar-refractivity contribution is 0.766. The van der Waals surface area contributed by atoms with E-state index < -0.39 is 0 Å². The van der Waals surface area contributed by atoms with Gasteiger partial charge in [0.2, 0.25) is 0 Å². The summed E-state index contributed by atoms with van der Waals surface area (Å²) in [5, 5.41) is 7.28. The van der Waals surface area contributed by atoms with Gasteiger partial charge in [0.25, 0.3) is 0 Å². The molecule has 0 amide bonds. The molecule has 0 radical (unpaired) electrons. The number of amidine groups is 1. The van der Waals surface area contributed by atoms with Gasteiger partial charge in [-0.2, -0.15) is 0 Å². The third-order valence-electron chi connectivity index (χ3n) is 2.97. The molecule has 0 saturated heterocycles. The number of benzene rings is 1. The van der Waals surface area contributed by atoms with Gasteiger partial charge in [0.05, 0.1) is 23.2 Å². The minimum atomic E-state index is 0.195. The summed E-state index contributed by atoms with van der Waals surface area (Å²) in [4.78, 5) is 4.40. The number of nitrogens with two attached hydrogens (primary N) is 1. The average molecular weight is 214 g/mol. The van der Waals surface area contributed by atoms with Crippen molar-refractivity contribution < 1.29 is 0 Å². The van der Waals surface area contributed by atoms with E-state index in [0.29, 0.717) is 12.5 Å². The number of nitrogens with zero attached hydrogens (tertiary/aromatic N) is 2. The minimum absolute atomic E-state index is 0.195. The number of rotatable bonds is 3. The molecule has 1 saturated carbocycles. The lowest BCUT2D eigenvalue weighted by Gasteiger charge is -2.02. The zero-order valence-corrected chi connectivity index (χ0v) is 8.98. The van der Waals surface area contributed by atoms with E-state index in [1.165, 1.54) is 18.4 Å². The van der Waals surface area contributed by atoms with Gasteiger partial charge in [-0.25, -0.2) is 4.98 Å². The van der Waals surface area contributed by atoms with E-state index in [-0.39, 0.29) is 5.84 Å². The lowest BCUT2D eigenvalue weighted by Crippen LogP contribution is -2.12. The van der Waals surface area contributed by atoms with Crippen molar-refractivity contribution >= 4 is 16.9 Å². The van der Waals surface area contributed by atoms with Crippen LogP contribution in [0, 0.1) is 5.41 Å². The molecule has 4 nitrogen and oxygen atoms in total. The van der Waals surface area contributed by atoms with Gasteiger partial charge in [-0.05, 0) is 30.5 Å². The summed E-state index contributed by atoms with van der Waals surface area (Å²) in [6.07, 6.45) is 4.95. The van der Waals surface area contributed by atoms with Gasteiger partial charge in [0.15, 0.2) is 0 Å². The van der Waals surface area contributed by atoms with Crippen LogP contribution >= 0.6 is 0 Å². The van der Waals surface area contributed by atoms with Crippen LogP contribution in [0.25, 0.3) is 11.0 Å². The summed E-state index contributed by atoms with van der Waals surface area (Å²) in [5.41, 5.74) is 8.64. The van der Waals surface area contributed by atoms with Crippen molar-refractivity contribution in [2.75, 3.05) is 0 Å². The van der Waals surface area contributed by atoms with E-state index in [1.807, 2.05) is 18.5 Å². The SMILES string of the molecule is N=C(N)Cc1ccc2c(c1)ncn2C1CC1. The van der Waals surface area contributed by atoms with Gasteiger partial charge in [-0.15, -0.1) is 0 Å².